The molecule has 1 amide bonds. The van der Waals surface area contributed by atoms with Crippen molar-refractivity contribution in [3.8, 4) is 0 Å². The number of aliphatic hydroxyl groups excluding tert-OH is 1. The van der Waals surface area contributed by atoms with Crippen LogP contribution < -0.4 is 5.32 Å². The highest BCUT2D eigenvalue weighted by Crippen LogP contribution is 2.36. The first-order valence-corrected chi connectivity index (χ1v) is 8.74. The molecule has 3 N–H and O–H groups in total. The number of ketones is 1. The number of thioether (sulfide) groups is 1. The minimum Gasteiger partial charge on any atom is -0.511 e. The summed E-state index contributed by atoms with van der Waals surface area (Å²) in [6.45, 7) is 6.70. The molecule has 0 saturated heterocycles. The molecule has 1 rings (SSSR count). The Hall–Kier alpha value is -1.83. The maximum atomic E-state index is 12.2. The predicted octanol–water partition coefficient (Wildman–Crippen LogP) is 1.93. The number of nitrogens with zero attached hydrogens (tertiary/aromatic N) is 1. The number of carbonyl (C=O) groups is 3. The first-order valence-electron chi connectivity index (χ1n) is 7.58. The van der Waals surface area contributed by atoms with Crippen LogP contribution in [0.5, 0.6) is 0 Å². The average molecular weight is 356 g/mol. The van der Waals surface area contributed by atoms with Crippen molar-refractivity contribution >= 4 is 35.1 Å². The first-order chi connectivity index (χ1) is 11.0. The number of aliphatic carboxylic acids is 1. The van der Waals surface area contributed by atoms with E-state index in [1.165, 1.54) is 25.6 Å². The third-order valence-electron chi connectivity index (χ3n) is 3.55. The molecule has 8 heteroatoms. The smallest absolute Gasteiger partial charge is 0.329 e. The molecule has 0 fully saturated rings. The largest absolute Gasteiger partial charge is 0.511 e. The standard InChI is InChI=1S/C16H24N2O5S/c1-9(14-12(20)5-16(3,4)6-13(14)21)18-11(15(22)23)7-24-8-17-10(2)19/h11,20H,5-8H2,1-4H3,(H,17,19)(H,22,23)/t11-/m0/s1. The lowest BCUT2D eigenvalue weighted by molar-refractivity contribution is -0.137. The number of carboxylic acid groups (broad SMARTS) is 1. The summed E-state index contributed by atoms with van der Waals surface area (Å²) < 4.78 is 0. The molecule has 0 aliphatic heterocycles. The molecule has 0 saturated carbocycles. The molecule has 1 aliphatic rings. The Morgan fingerprint density at radius 1 is 1.33 bits per heavy atom. The summed E-state index contributed by atoms with van der Waals surface area (Å²) in [4.78, 5) is 38.5. The topological polar surface area (TPSA) is 116 Å². The number of hydrogen-bond donors (Lipinski definition) is 3. The van der Waals surface area contributed by atoms with E-state index in [1.807, 2.05) is 13.8 Å². The fourth-order valence-corrected chi connectivity index (χ4v) is 3.35. The molecule has 0 aromatic heterocycles. The number of aliphatic hydroxyl groups is 1. The summed E-state index contributed by atoms with van der Waals surface area (Å²) in [6, 6.07) is -1.05. The Balaban J connectivity index is 2.88. The second kappa shape index (κ2) is 8.32. The average Bonchev–Trinajstić information content (AvgIpc) is 2.39. The van der Waals surface area contributed by atoms with Gasteiger partial charge in [-0.1, -0.05) is 13.8 Å². The normalized spacial score (nSPS) is 19.2. The molecule has 7 nitrogen and oxygen atoms in total. The number of Topliss-reactive ketones (excluding diaryl/α,β-unsaturated/α-hetero) is 1. The van der Waals surface area contributed by atoms with Gasteiger partial charge in [-0.15, -0.1) is 11.8 Å². The number of hydrogen-bond acceptors (Lipinski definition) is 6. The van der Waals surface area contributed by atoms with Gasteiger partial charge in [0.2, 0.25) is 5.91 Å². The lowest BCUT2D eigenvalue weighted by Gasteiger charge is -2.29. The van der Waals surface area contributed by atoms with E-state index in [4.69, 9.17) is 0 Å². The number of allylic oxidation sites excluding steroid dienone is 2. The van der Waals surface area contributed by atoms with Gasteiger partial charge in [-0.25, -0.2) is 4.79 Å². The minimum atomic E-state index is -1.12. The van der Waals surface area contributed by atoms with Crippen molar-refractivity contribution in [1.82, 2.24) is 5.32 Å². The van der Waals surface area contributed by atoms with Crippen LogP contribution in [0.15, 0.2) is 16.3 Å². The van der Waals surface area contributed by atoms with E-state index >= 15 is 0 Å². The van der Waals surface area contributed by atoms with E-state index in [0.717, 1.165) is 0 Å². The van der Waals surface area contributed by atoms with Crippen molar-refractivity contribution in [3.05, 3.63) is 11.3 Å². The molecule has 0 radical (unpaired) electrons. The highest BCUT2D eigenvalue weighted by atomic mass is 32.2. The number of aliphatic imine (C=N–C) groups is 1. The Morgan fingerprint density at radius 3 is 2.46 bits per heavy atom. The van der Waals surface area contributed by atoms with Crippen molar-refractivity contribution in [2.75, 3.05) is 11.6 Å². The molecule has 0 aromatic rings. The Morgan fingerprint density at radius 2 is 1.96 bits per heavy atom. The summed E-state index contributed by atoms with van der Waals surface area (Å²) in [5.41, 5.74) is 0.0544. The van der Waals surface area contributed by atoms with Crippen molar-refractivity contribution in [3.63, 3.8) is 0 Å². The van der Waals surface area contributed by atoms with E-state index in [1.54, 1.807) is 0 Å². The Labute approximate surface area is 145 Å². The zero-order chi connectivity index (χ0) is 18.5. The van der Waals surface area contributed by atoms with Crippen molar-refractivity contribution in [2.45, 2.75) is 46.6 Å². The summed E-state index contributed by atoms with van der Waals surface area (Å²) in [5.74, 6) is -1.13. The van der Waals surface area contributed by atoms with Gasteiger partial charge in [0, 0.05) is 31.2 Å². The van der Waals surface area contributed by atoms with Gasteiger partial charge in [-0.05, 0) is 12.3 Å². The third kappa shape index (κ3) is 5.99. The fourth-order valence-electron chi connectivity index (χ4n) is 2.48. The minimum absolute atomic E-state index is 0.0347. The predicted molar refractivity (Wildman–Crippen MR) is 93.4 cm³/mol. The van der Waals surface area contributed by atoms with Gasteiger partial charge in [0.25, 0.3) is 0 Å². The van der Waals surface area contributed by atoms with Crippen molar-refractivity contribution in [1.29, 1.82) is 0 Å². The number of carboxylic acids is 1. The van der Waals surface area contributed by atoms with Crippen LogP contribution in [0, 0.1) is 5.41 Å². The second-order valence-electron chi connectivity index (χ2n) is 6.58. The molecule has 1 aliphatic carbocycles. The number of nitrogens with one attached hydrogen (secondary N) is 1. The van der Waals surface area contributed by atoms with E-state index in [0.29, 0.717) is 6.42 Å². The molecule has 0 aromatic carbocycles. The number of rotatable bonds is 7. The molecule has 0 bridgehead atoms. The Kier molecular flexibility index (Phi) is 7.01. The monoisotopic (exact) mass is 356 g/mol. The molecular weight excluding hydrogens is 332 g/mol. The zero-order valence-corrected chi connectivity index (χ0v) is 15.2. The molecule has 24 heavy (non-hydrogen) atoms. The van der Waals surface area contributed by atoms with Gasteiger partial charge in [-0.3, -0.25) is 14.6 Å². The van der Waals surface area contributed by atoms with Gasteiger partial charge >= 0.3 is 5.97 Å². The molecule has 0 unspecified atom stereocenters. The fraction of sp³-hybridized carbons (Fsp3) is 0.625. The summed E-state index contributed by atoms with van der Waals surface area (Å²) in [7, 11) is 0. The van der Waals surface area contributed by atoms with Gasteiger partial charge in [0.05, 0.1) is 11.4 Å². The van der Waals surface area contributed by atoms with E-state index in [9.17, 15) is 24.6 Å². The van der Waals surface area contributed by atoms with Crippen LogP contribution in [0.25, 0.3) is 0 Å². The van der Waals surface area contributed by atoms with Crippen LogP contribution in [-0.2, 0) is 14.4 Å². The molecule has 1 atom stereocenters. The van der Waals surface area contributed by atoms with Crippen LogP contribution in [0.1, 0.15) is 40.5 Å². The first kappa shape index (κ1) is 20.2. The Bertz CT molecular complexity index is 595. The summed E-state index contributed by atoms with van der Waals surface area (Å²) >= 11 is 1.22. The van der Waals surface area contributed by atoms with Crippen molar-refractivity contribution in [2.24, 2.45) is 10.4 Å². The van der Waals surface area contributed by atoms with E-state index in [-0.39, 0.29) is 52.2 Å². The molecule has 0 spiro atoms. The number of carbonyl (C=O) groups excluding carboxylic acids is 2. The van der Waals surface area contributed by atoms with Crippen molar-refractivity contribution < 1.29 is 24.6 Å². The second-order valence-corrected chi connectivity index (χ2v) is 7.61. The lowest BCUT2D eigenvalue weighted by Crippen LogP contribution is -2.30. The van der Waals surface area contributed by atoms with Crippen LogP contribution in [0.2, 0.25) is 0 Å². The summed E-state index contributed by atoms with van der Waals surface area (Å²) in [6.07, 6.45) is 0.643. The quantitative estimate of drug-likeness (QED) is 0.365. The zero-order valence-electron chi connectivity index (χ0n) is 14.4. The van der Waals surface area contributed by atoms with Gasteiger partial charge < -0.3 is 15.5 Å². The summed E-state index contributed by atoms with van der Waals surface area (Å²) in [5, 5.41) is 22.0. The van der Waals surface area contributed by atoms with Crippen LogP contribution in [0.3, 0.4) is 0 Å². The van der Waals surface area contributed by atoms with E-state index < -0.39 is 12.0 Å². The highest BCUT2D eigenvalue weighted by molar-refractivity contribution is 7.99. The molecule has 0 heterocycles. The maximum Gasteiger partial charge on any atom is 0.329 e. The van der Waals surface area contributed by atoms with E-state index in [2.05, 4.69) is 10.3 Å². The van der Waals surface area contributed by atoms with Gasteiger partial charge in [0.15, 0.2) is 11.8 Å². The third-order valence-corrected chi connectivity index (χ3v) is 4.45. The molecule has 134 valence electrons. The SMILES string of the molecule is CC(=O)NCSC[C@H](N=C(C)C1=C(O)CC(C)(C)CC1=O)C(=O)O. The van der Waals surface area contributed by atoms with Crippen LogP contribution >= 0.6 is 11.8 Å². The highest BCUT2D eigenvalue weighted by Gasteiger charge is 2.34. The lowest BCUT2D eigenvalue weighted by atomic mass is 9.76. The van der Waals surface area contributed by atoms with Crippen LogP contribution in [-0.4, -0.2) is 51.3 Å². The van der Waals surface area contributed by atoms with Gasteiger partial charge in [0.1, 0.15) is 5.76 Å². The number of amides is 1. The maximum absolute atomic E-state index is 12.2. The van der Waals surface area contributed by atoms with Crippen LogP contribution in [0.4, 0.5) is 0 Å². The van der Waals surface area contributed by atoms with Gasteiger partial charge in [-0.2, -0.15) is 0 Å². The molecular formula is C16H24N2O5S.